The van der Waals surface area contributed by atoms with Crippen molar-refractivity contribution in [2.75, 3.05) is 31.3 Å². The zero-order valence-electron chi connectivity index (χ0n) is 15.1. The standard InChI is InChI=1S/C18H22N4O3S2/c1-25-14-7-5-13(6-8-14)19-17(24)18-21-20-15(27-18)11-26-12-16(23)22-9-3-2-4-10-22/h5-8H,2-4,9-12H2,1H3,(H,19,24). The van der Waals surface area contributed by atoms with E-state index in [1.807, 2.05) is 4.90 Å². The molecule has 1 fully saturated rings. The van der Waals surface area contributed by atoms with Gasteiger partial charge in [-0.05, 0) is 43.5 Å². The van der Waals surface area contributed by atoms with Gasteiger partial charge in [0.25, 0.3) is 5.91 Å². The fraction of sp³-hybridized carbons (Fsp3) is 0.444. The van der Waals surface area contributed by atoms with Gasteiger partial charge in [-0.25, -0.2) is 0 Å². The van der Waals surface area contributed by atoms with Crippen LogP contribution in [0, 0.1) is 0 Å². The summed E-state index contributed by atoms with van der Waals surface area (Å²) in [6.45, 7) is 1.74. The second-order valence-corrected chi connectivity index (χ2v) is 8.17. The van der Waals surface area contributed by atoms with Gasteiger partial charge < -0.3 is 15.0 Å². The number of benzene rings is 1. The molecular weight excluding hydrogens is 384 g/mol. The van der Waals surface area contributed by atoms with Crippen molar-refractivity contribution in [3.63, 3.8) is 0 Å². The Bertz CT molecular complexity index is 773. The Morgan fingerprint density at radius 2 is 1.93 bits per heavy atom. The summed E-state index contributed by atoms with van der Waals surface area (Å²) < 4.78 is 5.09. The Labute approximate surface area is 166 Å². The van der Waals surface area contributed by atoms with Crippen LogP contribution in [0.4, 0.5) is 5.69 Å². The quantitative estimate of drug-likeness (QED) is 0.761. The molecule has 1 N–H and O–H groups in total. The van der Waals surface area contributed by atoms with E-state index in [0.29, 0.717) is 22.2 Å². The summed E-state index contributed by atoms with van der Waals surface area (Å²) >= 11 is 2.76. The van der Waals surface area contributed by atoms with E-state index in [9.17, 15) is 9.59 Å². The molecule has 0 saturated carbocycles. The van der Waals surface area contributed by atoms with Crippen LogP contribution >= 0.6 is 23.1 Å². The third-order valence-electron chi connectivity index (χ3n) is 4.17. The number of likely N-dealkylation sites (tertiary alicyclic amines) is 1. The molecule has 0 bridgehead atoms. The van der Waals surface area contributed by atoms with E-state index in [-0.39, 0.29) is 11.8 Å². The first-order valence-electron chi connectivity index (χ1n) is 8.79. The van der Waals surface area contributed by atoms with E-state index in [2.05, 4.69) is 15.5 Å². The predicted molar refractivity (Wildman–Crippen MR) is 107 cm³/mol. The Kier molecular flexibility index (Phi) is 7.05. The second-order valence-electron chi connectivity index (χ2n) is 6.12. The van der Waals surface area contributed by atoms with Gasteiger partial charge in [0.15, 0.2) is 0 Å². The highest BCUT2D eigenvalue weighted by Crippen LogP contribution is 2.20. The van der Waals surface area contributed by atoms with E-state index >= 15 is 0 Å². The third-order valence-corrected chi connectivity index (χ3v) is 6.20. The number of aromatic nitrogens is 2. The number of hydrogen-bond donors (Lipinski definition) is 1. The minimum Gasteiger partial charge on any atom is -0.497 e. The molecule has 9 heteroatoms. The molecule has 1 saturated heterocycles. The maximum absolute atomic E-state index is 12.3. The topological polar surface area (TPSA) is 84.4 Å². The molecular formula is C18H22N4O3S2. The zero-order chi connectivity index (χ0) is 19.1. The van der Waals surface area contributed by atoms with Crippen molar-refractivity contribution < 1.29 is 14.3 Å². The lowest BCUT2D eigenvalue weighted by Crippen LogP contribution is -2.36. The van der Waals surface area contributed by atoms with Crippen molar-refractivity contribution in [1.82, 2.24) is 15.1 Å². The highest BCUT2D eigenvalue weighted by Gasteiger charge is 2.17. The zero-order valence-corrected chi connectivity index (χ0v) is 16.8. The Morgan fingerprint density at radius 3 is 2.63 bits per heavy atom. The van der Waals surface area contributed by atoms with Crippen LogP contribution in [0.25, 0.3) is 0 Å². The normalized spacial score (nSPS) is 14.0. The SMILES string of the molecule is COc1ccc(NC(=O)c2nnc(CSCC(=O)N3CCCCC3)s2)cc1. The van der Waals surface area contributed by atoms with Crippen LogP contribution in [0.15, 0.2) is 24.3 Å². The summed E-state index contributed by atoms with van der Waals surface area (Å²) in [5.74, 6) is 1.63. The maximum Gasteiger partial charge on any atom is 0.286 e. The van der Waals surface area contributed by atoms with E-state index in [1.165, 1.54) is 29.5 Å². The summed E-state index contributed by atoms with van der Waals surface area (Å²) in [5, 5.41) is 11.9. The number of methoxy groups -OCH3 is 1. The maximum atomic E-state index is 12.3. The van der Waals surface area contributed by atoms with Crippen molar-refractivity contribution in [1.29, 1.82) is 0 Å². The average molecular weight is 407 g/mol. The summed E-state index contributed by atoms with van der Waals surface area (Å²) in [6, 6.07) is 7.08. The van der Waals surface area contributed by atoms with Gasteiger partial charge in [0.2, 0.25) is 10.9 Å². The number of ether oxygens (including phenoxy) is 1. The smallest absolute Gasteiger partial charge is 0.286 e. The Morgan fingerprint density at radius 1 is 1.19 bits per heavy atom. The van der Waals surface area contributed by atoms with Crippen LogP contribution in [0.1, 0.15) is 34.1 Å². The summed E-state index contributed by atoms with van der Waals surface area (Å²) in [5.41, 5.74) is 0.666. The molecule has 2 aromatic rings. The van der Waals surface area contributed by atoms with Crippen LogP contribution in [-0.4, -0.2) is 52.9 Å². The predicted octanol–water partition coefficient (Wildman–Crippen LogP) is 3.04. The lowest BCUT2D eigenvalue weighted by Gasteiger charge is -2.26. The van der Waals surface area contributed by atoms with E-state index in [1.54, 1.807) is 31.4 Å². The number of rotatable bonds is 7. The van der Waals surface area contributed by atoms with Crippen molar-refractivity contribution in [3.05, 3.63) is 34.3 Å². The highest BCUT2D eigenvalue weighted by atomic mass is 32.2. The number of carbonyl (C=O) groups excluding carboxylic acids is 2. The average Bonchev–Trinajstić information content (AvgIpc) is 3.18. The molecule has 2 heterocycles. The fourth-order valence-electron chi connectivity index (χ4n) is 2.72. The van der Waals surface area contributed by atoms with Crippen molar-refractivity contribution in [2.24, 2.45) is 0 Å². The Balaban J connectivity index is 1.45. The highest BCUT2D eigenvalue weighted by molar-refractivity contribution is 7.99. The monoisotopic (exact) mass is 406 g/mol. The Hall–Kier alpha value is -2.13. The summed E-state index contributed by atoms with van der Waals surface area (Å²) in [7, 11) is 1.59. The molecule has 1 aromatic heterocycles. The van der Waals surface area contributed by atoms with Crippen molar-refractivity contribution >= 4 is 40.6 Å². The number of hydrogen-bond acceptors (Lipinski definition) is 7. The van der Waals surface area contributed by atoms with Gasteiger partial charge in [0, 0.05) is 24.5 Å². The second kappa shape index (κ2) is 9.70. The number of piperidine rings is 1. The number of carbonyl (C=O) groups is 2. The molecule has 1 aliphatic heterocycles. The number of nitrogens with one attached hydrogen (secondary N) is 1. The summed E-state index contributed by atoms with van der Waals surface area (Å²) in [4.78, 5) is 26.4. The lowest BCUT2D eigenvalue weighted by molar-refractivity contribution is -0.129. The first-order valence-corrected chi connectivity index (χ1v) is 10.8. The molecule has 2 amide bonds. The molecule has 0 radical (unpaired) electrons. The molecule has 27 heavy (non-hydrogen) atoms. The van der Waals surface area contributed by atoms with Gasteiger partial charge in [-0.1, -0.05) is 11.3 Å². The van der Waals surface area contributed by atoms with Gasteiger partial charge in [-0.3, -0.25) is 9.59 Å². The molecule has 0 spiro atoms. The van der Waals surface area contributed by atoms with Gasteiger partial charge in [0.1, 0.15) is 10.8 Å². The van der Waals surface area contributed by atoms with Crippen LogP contribution in [0.3, 0.4) is 0 Å². The van der Waals surface area contributed by atoms with Gasteiger partial charge in [0.05, 0.1) is 12.9 Å². The first-order chi connectivity index (χ1) is 13.2. The van der Waals surface area contributed by atoms with Crippen LogP contribution in [0.2, 0.25) is 0 Å². The largest absolute Gasteiger partial charge is 0.497 e. The molecule has 144 valence electrons. The first kappa shape index (κ1) is 19.6. The molecule has 0 aliphatic carbocycles. The number of thioether (sulfide) groups is 1. The number of amides is 2. The van der Waals surface area contributed by atoms with Gasteiger partial charge >= 0.3 is 0 Å². The van der Waals surface area contributed by atoms with Crippen LogP contribution in [0.5, 0.6) is 5.75 Å². The lowest BCUT2D eigenvalue weighted by atomic mass is 10.1. The fourth-order valence-corrected chi connectivity index (χ4v) is 4.43. The molecule has 1 aromatic carbocycles. The molecule has 1 aliphatic rings. The molecule has 3 rings (SSSR count). The molecule has 7 nitrogen and oxygen atoms in total. The van der Waals surface area contributed by atoms with Crippen LogP contribution < -0.4 is 10.1 Å². The number of nitrogens with zero attached hydrogens (tertiary/aromatic N) is 3. The van der Waals surface area contributed by atoms with Gasteiger partial charge in [-0.15, -0.1) is 22.0 Å². The van der Waals surface area contributed by atoms with E-state index in [4.69, 9.17) is 4.74 Å². The molecule has 0 unspecified atom stereocenters. The van der Waals surface area contributed by atoms with Crippen LogP contribution in [-0.2, 0) is 10.5 Å². The minimum absolute atomic E-state index is 0.182. The molecule has 0 atom stereocenters. The third kappa shape index (κ3) is 5.67. The van der Waals surface area contributed by atoms with E-state index in [0.717, 1.165) is 36.7 Å². The number of anilines is 1. The summed E-state index contributed by atoms with van der Waals surface area (Å²) in [6.07, 6.45) is 3.40. The minimum atomic E-state index is -0.293. The van der Waals surface area contributed by atoms with Gasteiger partial charge in [-0.2, -0.15) is 0 Å². The van der Waals surface area contributed by atoms with Crippen molar-refractivity contribution in [3.8, 4) is 5.75 Å². The van der Waals surface area contributed by atoms with Crippen molar-refractivity contribution in [2.45, 2.75) is 25.0 Å². The van der Waals surface area contributed by atoms with E-state index < -0.39 is 0 Å².